The Morgan fingerprint density at radius 3 is 2.67 bits per heavy atom. The molecule has 4 rings (SSSR count). The Morgan fingerprint density at radius 1 is 1.13 bits per heavy atom. The number of hydrogen-bond donors (Lipinski definition) is 0. The molecule has 7 heteroatoms. The van der Waals surface area contributed by atoms with Crippen molar-refractivity contribution < 1.29 is 13.9 Å². The third-order valence-corrected chi connectivity index (χ3v) is 5.37. The van der Waals surface area contributed by atoms with Crippen molar-refractivity contribution in [3.8, 4) is 5.75 Å². The molecule has 0 atom stereocenters. The fourth-order valence-electron chi connectivity index (χ4n) is 3.33. The van der Waals surface area contributed by atoms with Crippen LogP contribution < -0.4 is 4.74 Å². The highest BCUT2D eigenvalue weighted by atomic mass is 79.9. The van der Waals surface area contributed by atoms with E-state index in [2.05, 4.69) is 32.4 Å². The Bertz CT molecular complexity index is 1160. The fourth-order valence-corrected chi connectivity index (χ4v) is 3.59. The first-order valence-corrected chi connectivity index (χ1v) is 10.5. The van der Waals surface area contributed by atoms with E-state index in [9.17, 15) is 4.79 Å². The first-order chi connectivity index (χ1) is 14.5. The number of furan rings is 1. The van der Waals surface area contributed by atoms with Gasteiger partial charge in [-0.25, -0.2) is 4.98 Å². The molecule has 0 aliphatic rings. The molecule has 1 amide bonds. The second kappa shape index (κ2) is 8.75. The number of carbonyl (C=O) groups is 1. The molecule has 154 valence electrons. The number of aryl methyl sites for hydroxylation is 1. The zero-order valence-corrected chi connectivity index (χ0v) is 18.4. The number of ether oxygens (including phenoxy) is 1. The second-order valence-electron chi connectivity index (χ2n) is 6.93. The average Bonchev–Trinajstić information content (AvgIpc) is 3.36. The number of aromatic nitrogens is 2. The van der Waals surface area contributed by atoms with E-state index in [0.29, 0.717) is 12.3 Å². The average molecular weight is 468 g/mol. The van der Waals surface area contributed by atoms with Crippen LogP contribution in [0.15, 0.2) is 69.6 Å². The topological polar surface area (TPSA) is 60.5 Å². The van der Waals surface area contributed by atoms with Crippen LogP contribution in [0.1, 0.15) is 29.1 Å². The zero-order valence-electron chi connectivity index (χ0n) is 16.8. The molecule has 0 saturated heterocycles. The quantitative estimate of drug-likeness (QED) is 0.371. The molecule has 0 N–H and O–H groups in total. The molecule has 2 aromatic carbocycles. The van der Waals surface area contributed by atoms with Crippen molar-refractivity contribution in [2.45, 2.75) is 26.6 Å². The summed E-state index contributed by atoms with van der Waals surface area (Å²) in [5.41, 5.74) is 2.00. The van der Waals surface area contributed by atoms with Crippen molar-refractivity contribution in [3.63, 3.8) is 0 Å². The second-order valence-corrected chi connectivity index (χ2v) is 7.85. The van der Waals surface area contributed by atoms with Gasteiger partial charge in [0.2, 0.25) is 0 Å². The van der Waals surface area contributed by atoms with Gasteiger partial charge in [0.25, 0.3) is 5.91 Å². The lowest BCUT2D eigenvalue weighted by molar-refractivity contribution is 0.0744. The van der Waals surface area contributed by atoms with Crippen molar-refractivity contribution in [2.75, 3.05) is 7.05 Å². The number of amides is 1. The van der Waals surface area contributed by atoms with Crippen LogP contribution in [-0.2, 0) is 19.7 Å². The summed E-state index contributed by atoms with van der Waals surface area (Å²) in [5.74, 6) is 2.26. The molecule has 2 aromatic heterocycles. The van der Waals surface area contributed by atoms with Gasteiger partial charge in [-0.1, -0.05) is 28.1 Å². The minimum Gasteiger partial charge on any atom is -0.486 e. The van der Waals surface area contributed by atoms with Gasteiger partial charge in [-0.05, 0) is 55.5 Å². The van der Waals surface area contributed by atoms with Crippen molar-refractivity contribution in [3.05, 3.63) is 82.5 Å². The van der Waals surface area contributed by atoms with E-state index < -0.39 is 0 Å². The van der Waals surface area contributed by atoms with Crippen LogP contribution >= 0.6 is 15.9 Å². The van der Waals surface area contributed by atoms with Crippen LogP contribution in [0.3, 0.4) is 0 Å². The van der Waals surface area contributed by atoms with Crippen LogP contribution in [0.4, 0.5) is 0 Å². The summed E-state index contributed by atoms with van der Waals surface area (Å²) >= 11 is 3.39. The number of carbonyl (C=O) groups excluding carboxylic acids is 1. The van der Waals surface area contributed by atoms with E-state index >= 15 is 0 Å². The van der Waals surface area contributed by atoms with Gasteiger partial charge < -0.3 is 18.6 Å². The van der Waals surface area contributed by atoms with Gasteiger partial charge in [0.05, 0.1) is 17.6 Å². The van der Waals surface area contributed by atoms with Crippen molar-refractivity contribution >= 4 is 32.9 Å². The molecular weight excluding hydrogens is 446 g/mol. The maximum Gasteiger partial charge on any atom is 0.289 e. The molecule has 0 spiro atoms. The van der Waals surface area contributed by atoms with Gasteiger partial charge in [-0.15, -0.1) is 0 Å². The largest absolute Gasteiger partial charge is 0.486 e. The Hall–Kier alpha value is -3.06. The van der Waals surface area contributed by atoms with Crippen LogP contribution in [0.5, 0.6) is 5.75 Å². The standard InChI is InChI=1S/C23H22BrN3O3/c1-3-27-20-7-5-4-6-19(20)25-22(27)14-26(2)23(28)21-13-12-18(30-21)15-29-17-10-8-16(24)9-11-17/h4-13H,3,14-15H2,1-2H3. The first-order valence-electron chi connectivity index (χ1n) is 9.72. The molecule has 30 heavy (non-hydrogen) atoms. The van der Waals surface area contributed by atoms with Crippen LogP contribution in [0.2, 0.25) is 0 Å². The highest BCUT2D eigenvalue weighted by Crippen LogP contribution is 2.20. The monoisotopic (exact) mass is 467 g/mol. The summed E-state index contributed by atoms with van der Waals surface area (Å²) in [6.45, 7) is 3.51. The molecule has 0 radical (unpaired) electrons. The summed E-state index contributed by atoms with van der Waals surface area (Å²) in [6.07, 6.45) is 0. The van der Waals surface area contributed by atoms with Gasteiger partial charge in [0, 0.05) is 18.1 Å². The van der Waals surface area contributed by atoms with Crippen LogP contribution in [-0.4, -0.2) is 27.4 Å². The molecule has 4 aromatic rings. The van der Waals surface area contributed by atoms with Crippen molar-refractivity contribution in [1.29, 1.82) is 0 Å². The van der Waals surface area contributed by atoms with Gasteiger partial charge >= 0.3 is 0 Å². The smallest absolute Gasteiger partial charge is 0.289 e. The fraction of sp³-hybridized carbons (Fsp3) is 0.217. The highest BCUT2D eigenvalue weighted by molar-refractivity contribution is 9.10. The number of para-hydroxylation sites is 2. The summed E-state index contributed by atoms with van der Waals surface area (Å²) < 4.78 is 14.5. The molecule has 2 heterocycles. The zero-order chi connectivity index (χ0) is 21.1. The molecule has 0 bridgehead atoms. The molecular formula is C23H22BrN3O3. The number of benzene rings is 2. The highest BCUT2D eigenvalue weighted by Gasteiger charge is 2.19. The van der Waals surface area contributed by atoms with Crippen molar-refractivity contribution in [2.24, 2.45) is 0 Å². The van der Waals surface area contributed by atoms with E-state index in [1.807, 2.05) is 48.5 Å². The Morgan fingerprint density at radius 2 is 1.90 bits per heavy atom. The number of imidazole rings is 1. The molecule has 6 nitrogen and oxygen atoms in total. The van der Waals surface area contributed by atoms with E-state index in [-0.39, 0.29) is 18.3 Å². The summed E-state index contributed by atoms with van der Waals surface area (Å²) in [5, 5.41) is 0. The number of halogens is 1. The summed E-state index contributed by atoms with van der Waals surface area (Å²) in [4.78, 5) is 19.1. The Labute approximate surface area is 183 Å². The minimum absolute atomic E-state index is 0.195. The van der Waals surface area contributed by atoms with Gasteiger partial charge in [-0.3, -0.25) is 4.79 Å². The summed E-state index contributed by atoms with van der Waals surface area (Å²) in [7, 11) is 1.75. The third-order valence-electron chi connectivity index (χ3n) is 4.84. The number of nitrogens with zero attached hydrogens (tertiary/aromatic N) is 3. The SMILES string of the molecule is CCn1c(CN(C)C(=O)c2ccc(COc3ccc(Br)cc3)o2)nc2ccccc21. The minimum atomic E-state index is -0.195. The lowest BCUT2D eigenvalue weighted by Gasteiger charge is -2.16. The molecule has 0 aliphatic carbocycles. The third kappa shape index (κ3) is 4.26. The van der Waals surface area contributed by atoms with Crippen LogP contribution in [0.25, 0.3) is 11.0 Å². The normalized spacial score (nSPS) is 11.0. The number of rotatable bonds is 7. The Balaban J connectivity index is 1.42. The first kappa shape index (κ1) is 20.2. The van der Waals surface area contributed by atoms with E-state index in [4.69, 9.17) is 9.15 Å². The molecule has 0 fully saturated rings. The number of hydrogen-bond acceptors (Lipinski definition) is 4. The van der Waals surface area contributed by atoms with Gasteiger partial charge in [0.1, 0.15) is 23.9 Å². The van der Waals surface area contributed by atoms with E-state index in [1.54, 1.807) is 24.1 Å². The van der Waals surface area contributed by atoms with E-state index in [0.717, 1.165) is 33.6 Å². The summed E-state index contributed by atoms with van der Waals surface area (Å²) in [6, 6.07) is 19.0. The molecule has 0 saturated carbocycles. The van der Waals surface area contributed by atoms with Crippen molar-refractivity contribution in [1.82, 2.24) is 14.5 Å². The van der Waals surface area contributed by atoms with Gasteiger partial charge in [-0.2, -0.15) is 0 Å². The molecule has 0 unspecified atom stereocenters. The predicted molar refractivity (Wildman–Crippen MR) is 118 cm³/mol. The molecule has 0 aliphatic heterocycles. The Kier molecular flexibility index (Phi) is 5.90. The number of fused-ring (bicyclic) bond motifs is 1. The van der Waals surface area contributed by atoms with E-state index in [1.165, 1.54) is 0 Å². The predicted octanol–water partition coefficient (Wildman–Crippen LogP) is 5.26. The lowest BCUT2D eigenvalue weighted by Crippen LogP contribution is -2.27. The maximum atomic E-state index is 12.8. The maximum absolute atomic E-state index is 12.8. The van der Waals surface area contributed by atoms with Gasteiger partial charge in [0.15, 0.2) is 5.76 Å². The lowest BCUT2D eigenvalue weighted by atomic mass is 10.3. The van der Waals surface area contributed by atoms with Crippen LogP contribution in [0, 0.1) is 0 Å².